The number of carbonyl (C=O) groups excluding carboxylic acids is 1. The second kappa shape index (κ2) is 13.1. The van der Waals surface area contributed by atoms with Gasteiger partial charge in [0.2, 0.25) is 5.91 Å². The van der Waals surface area contributed by atoms with E-state index in [1.54, 1.807) is 0 Å². The zero-order valence-corrected chi connectivity index (χ0v) is 14.1. The molecule has 1 aliphatic carbocycles. The van der Waals surface area contributed by atoms with E-state index in [0.29, 0.717) is 12.5 Å². The Morgan fingerprint density at radius 2 is 1.57 bits per heavy atom. The van der Waals surface area contributed by atoms with E-state index >= 15 is 0 Å². The van der Waals surface area contributed by atoms with Gasteiger partial charge in [0, 0.05) is 25.6 Å². The number of unbranched alkanes of at least 4 members (excludes halogenated alkanes) is 5. The first-order valence-corrected chi connectivity index (χ1v) is 9.33. The molecule has 0 bridgehead atoms. The molecule has 0 aromatic heterocycles. The van der Waals surface area contributed by atoms with E-state index in [0.717, 1.165) is 19.5 Å². The summed E-state index contributed by atoms with van der Waals surface area (Å²) >= 11 is 0. The predicted octanol–water partition coefficient (Wildman–Crippen LogP) is 4.17. The molecule has 1 aliphatic rings. The Bertz CT molecular complexity index is 248. The summed E-state index contributed by atoms with van der Waals surface area (Å²) in [5.41, 5.74) is 0. The molecule has 0 aliphatic heterocycles. The van der Waals surface area contributed by atoms with Crippen molar-refractivity contribution in [1.82, 2.24) is 10.6 Å². The molecule has 0 spiro atoms. The van der Waals surface area contributed by atoms with Gasteiger partial charge in [-0.3, -0.25) is 4.79 Å². The van der Waals surface area contributed by atoms with Crippen molar-refractivity contribution in [2.45, 2.75) is 96.4 Å². The Balaban J connectivity index is 1.88. The van der Waals surface area contributed by atoms with Crippen LogP contribution in [0.25, 0.3) is 0 Å². The summed E-state index contributed by atoms with van der Waals surface area (Å²) < 4.78 is 0. The lowest BCUT2D eigenvalue weighted by Gasteiger charge is -2.16. The molecule has 1 saturated carbocycles. The number of rotatable bonds is 11. The molecule has 21 heavy (non-hydrogen) atoms. The summed E-state index contributed by atoms with van der Waals surface area (Å²) in [6.07, 6.45) is 16.3. The fraction of sp³-hybridized carbons (Fsp3) is 0.944. The molecule has 3 nitrogen and oxygen atoms in total. The third-order valence-corrected chi connectivity index (χ3v) is 4.49. The van der Waals surface area contributed by atoms with Crippen LogP contribution >= 0.6 is 0 Å². The van der Waals surface area contributed by atoms with Crippen molar-refractivity contribution in [3.63, 3.8) is 0 Å². The number of carbonyl (C=O) groups is 1. The van der Waals surface area contributed by atoms with Crippen molar-refractivity contribution < 1.29 is 4.79 Å². The molecule has 0 saturated heterocycles. The molecule has 1 fully saturated rings. The fourth-order valence-electron chi connectivity index (χ4n) is 3.12. The summed E-state index contributed by atoms with van der Waals surface area (Å²) in [4.78, 5) is 11.7. The zero-order chi connectivity index (χ0) is 15.2. The Kier molecular flexibility index (Phi) is 11.5. The second-order valence-electron chi connectivity index (χ2n) is 6.51. The van der Waals surface area contributed by atoms with E-state index in [4.69, 9.17) is 0 Å². The minimum absolute atomic E-state index is 0.230. The highest BCUT2D eigenvalue weighted by Crippen LogP contribution is 2.16. The molecule has 1 rings (SSSR count). The fourth-order valence-corrected chi connectivity index (χ4v) is 3.12. The minimum atomic E-state index is 0.230. The van der Waals surface area contributed by atoms with Gasteiger partial charge < -0.3 is 10.6 Å². The standard InChI is InChI=1S/C18H36N2O/c1-2-3-4-5-6-11-14-18(21)20-16-15-19-17-12-9-7-8-10-13-17/h17,19H,2-16H2,1H3,(H,20,21). The van der Waals surface area contributed by atoms with Gasteiger partial charge in [-0.25, -0.2) is 0 Å². The van der Waals surface area contributed by atoms with Crippen molar-refractivity contribution >= 4 is 5.91 Å². The van der Waals surface area contributed by atoms with Crippen LogP contribution in [0.1, 0.15) is 90.4 Å². The van der Waals surface area contributed by atoms with Crippen LogP contribution in [0.5, 0.6) is 0 Å². The number of hydrogen-bond acceptors (Lipinski definition) is 2. The van der Waals surface area contributed by atoms with E-state index in [1.165, 1.54) is 70.6 Å². The smallest absolute Gasteiger partial charge is 0.220 e. The van der Waals surface area contributed by atoms with Gasteiger partial charge in [-0.2, -0.15) is 0 Å². The summed E-state index contributed by atoms with van der Waals surface area (Å²) in [5.74, 6) is 0.230. The second-order valence-corrected chi connectivity index (χ2v) is 6.51. The van der Waals surface area contributed by atoms with E-state index in [-0.39, 0.29) is 5.91 Å². The lowest BCUT2D eigenvalue weighted by Crippen LogP contribution is -2.36. The largest absolute Gasteiger partial charge is 0.355 e. The quantitative estimate of drug-likeness (QED) is 0.444. The van der Waals surface area contributed by atoms with Crippen LogP contribution in [0.3, 0.4) is 0 Å². The Hall–Kier alpha value is -0.570. The van der Waals surface area contributed by atoms with Crippen LogP contribution in [-0.4, -0.2) is 25.0 Å². The van der Waals surface area contributed by atoms with Crippen LogP contribution in [-0.2, 0) is 4.79 Å². The van der Waals surface area contributed by atoms with Gasteiger partial charge in [-0.1, -0.05) is 64.7 Å². The average Bonchev–Trinajstić information content (AvgIpc) is 2.76. The minimum Gasteiger partial charge on any atom is -0.355 e. The Labute approximate surface area is 131 Å². The SMILES string of the molecule is CCCCCCCCC(=O)NCCNC1CCCCCC1. The molecule has 3 heteroatoms. The molecule has 124 valence electrons. The molecular formula is C18H36N2O. The monoisotopic (exact) mass is 296 g/mol. The Morgan fingerprint density at radius 3 is 2.29 bits per heavy atom. The van der Waals surface area contributed by atoms with Crippen molar-refractivity contribution in [2.24, 2.45) is 0 Å². The molecule has 0 radical (unpaired) electrons. The van der Waals surface area contributed by atoms with Gasteiger partial charge in [0.05, 0.1) is 0 Å². The number of hydrogen-bond donors (Lipinski definition) is 2. The summed E-state index contributed by atoms with van der Waals surface area (Å²) in [6, 6.07) is 0.683. The topological polar surface area (TPSA) is 41.1 Å². The molecule has 0 aromatic carbocycles. The van der Waals surface area contributed by atoms with Gasteiger partial charge in [0.1, 0.15) is 0 Å². The predicted molar refractivity (Wildman–Crippen MR) is 90.5 cm³/mol. The molecule has 0 aromatic rings. The van der Waals surface area contributed by atoms with Crippen LogP contribution in [0.4, 0.5) is 0 Å². The third-order valence-electron chi connectivity index (χ3n) is 4.49. The number of amides is 1. The van der Waals surface area contributed by atoms with Crippen molar-refractivity contribution in [3.8, 4) is 0 Å². The third kappa shape index (κ3) is 10.8. The van der Waals surface area contributed by atoms with Gasteiger partial charge in [0.25, 0.3) is 0 Å². The van der Waals surface area contributed by atoms with E-state index in [9.17, 15) is 4.79 Å². The molecule has 0 atom stereocenters. The van der Waals surface area contributed by atoms with Crippen molar-refractivity contribution in [2.75, 3.05) is 13.1 Å². The summed E-state index contributed by atoms with van der Waals surface area (Å²) in [5, 5.41) is 6.63. The first kappa shape index (κ1) is 18.5. The zero-order valence-electron chi connectivity index (χ0n) is 14.1. The normalized spacial score (nSPS) is 16.6. The molecule has 1 amide bonds. The maximum absolute atomic E-state index is 11.7. The molecule has 0 heterocycles. The van der Waals surface area contributed by atoms with Gasteiger partial charge in [-0.15, -0.1) is 0 Å². The van der Waals surface area contributed by atoms with Gasteiger partial charge in [-0.05, 0) is 19.3 Å². The van der Waals surface area contributed by atoms with Crippen molar-refractivity contribution in [1.29, 1.82) is 0 Å². The summed E-state index contributed by atoms with van der Waals surface area (Å²) in [6.45, 7) is 3.94. The lowest BCUT2D eigenvalue weighted by atomic mass is 10.1. The lowest BCUT2D eigenvalue weighted by molar-refractivity contribution is -0.121. The molecule has 0 unspecified atom stereocenters. The first-order valence-electron chi connectivity index (χ1n) is 9.33. The number of nitrogens with one attached hydrogen (secondary N) is 2. The summed E-state index contributed by atoms with van der Waals surface area (Å²) in [7, 11) is 0. The van der Waals surface area contributed by atoms with Gasteiger partial charge in [0.15, 0.2) is 0 Å². The van der Waals surface area contributed by atoms with Crippen LogP contribution in [0.15, 0.2) is 0 Å². The molecule has 2 N–H and O–H groups in total. The Morgan fingerprint density at radius 1 is 0.905 bits per heavy atom. The van der Waals surface area contributed by atoms with Gasteiger partial charge >= 0.3 is 0 Å². The van der Waals surface area contributed by atoms with Crippen molar-refractivity contribution in [3.05, 3.63) is 0 Å². The van der Waals surface area contributed by atoms with E-state index in [2.05, 4.69) is 17.6 Å². The maximum Gasteiger partial charge on any atom is 0.220 e. The first-order chi connectivity index (χ1) is 10.3. The highest BCUT2D eigenvalue weighted by Gasteiger charge is 2.10. The highest BCUT2D eigenvalue weighted by atomic mass is 16.1. The average molecular weight is 296 g/mol. The van der Waals surface area contributed by atoms with E-state index < -0.39 is 0 Å². The van der Waals surface area contributed by atoms with E-state index in [1.807, 2.05) is 0 Å². The van der Waals surface area contributed by atoms with Crippen LogP contribution < -0.4 is 10.6 Å². The van der Waals surface area contributed by atoms with Crippen LogP contribution in [0.2, 0.25) is 0 Å². The molecular weight excluding hydrogens is 260 g/mol. The van der Waals surface area contributed by atoms with Crippen LogP contribution in [0, 0.1) is 0 Å². The maximum atomic E-state index is 11.7. The highest BCUT2D eigenvalue weighted by molar-refractivity contribution is 5.75.